The van der Waals surface area contributed by atoms with Gasteiger partial charge < -0.3 is 4.42 Å². The molecule has 0 atom stereocenters. The summed E-state index contributed by atoms with van der Waals surface area (Å²) in [6, 6.07) is 67.3. The molecule has 0 saturated heterocycles. The lowest BCUT2D eigenvalue weighted by Crippen LogP contribution is -2.14. The van der Waals surface area contributed by atoms with Crippen LogP contribution in [0.2, 0.25) is 0 Å². The number of benzene rings is 10. The Labute approximate surface area is 325 Å². The lowest BCUT2D eigenvalue weighted by molar-refractivity contribution is 0.661. The van der Waals surface area contributed by atoms with E-state index in [0.29, 0.717) is 0 Å². The van der Waals surface area contributed by atoms with Gasteiger partial charge in [-0.25, -0.2) is 0 Å². The number of fused-ring (bicyclic) bond motifs is 11. The molecule has 0 radical (unpaired) electrons. The normalized spacial score (nSPS) is 13.3. The van der Waals surface area contributed by atoms with Crippen LogP contribution in [0.15, 0.2) is 186 Å². The summed E-state index contributed by atoms with van der Waals surface area (Å²) >= 11 is 0. The van der Waals surface area contributed by atoms with Crippen molar-refractivity contribution < 1.29 is 4.42 Å². The molecule has 0 bridgehead atoms. The first-order valence-corrected chi connectivity index (χ1v) is 19.6. The number of hydrogen-bond donors (Lipinski definition) is 0. The van der Waals surface area contributed by atoms with E-state index in [9.17, 15) is 0 Å². The zero-order chi connectivity index (χ0) is 37.1. The van der Waals surface area contributed by atoms with Crippen molar-refractivity contribution in [3.05, 3.63) is 193 Å². The van der Waals surface area contributed by atoms with Crippen LogP contribution in [-0.4, -0.2) is 0 Å². The van der Waals surface area contributed by atoms with Gasteiger partial charge in [-0.1, -0.05) is 159 Å². The molecule has 1 aromatic heterocycles. The smallest absolute Gasteiger partial charge is 0.143 e. The van der Waals surface area contributed by atoms with Crippen molar-refractivity contribution in [3.63, 3.8) is 0 Å². The largest absolute Gasteiger partial charge is 0.455 e. The van der Waals surface area contributed by atoms with Crippen LogP contribution in [0.3, 0.4) is 0 Å². The summed E-state index contributed by atoms with van der Waals surface area (Å²) < 4.78 is 6.53. The first-order chi connectivity index (χ1) is 27.5. The number of para-hydroxylation sites is 1. The molecule has 1 heterocycles. The minimum absolute atomic E-state index is 0.119. The van der Waals surface area contributed by atoms with Crippen molar-refractivity contribution in [2.75, 3.05) is 0 Å². The molecule has 0 saturated carbocycles. The van der Waals surface area contributed by atoms with E-state index < -0.39 is 0 Å². The van der Waals surface area contributed by atoms with Gasteiger partial charge in [0.15, 0.2) is 0 Å². The van der Waals surface area contributed by atoms with Crippen molar-refractivity contribution in [2.24, 2.45) is 0 Å². The Morgan fingerprint density at radius 2 is 0.946 bits per heavy atom. The predicted octanol–water partition coefficient (Wildman–Crippen LogP) is 15.5. The first-order valence-electron chi connectivity index (χ1n) is 19.6. The van der Waals surface area contributed by atoms with E-state index in [1.807, 2.05) is 6.07 Å². The van der Waals surface area contributed by atoms with Gasteiger partial charge in [-0.05, 0) is 130 Å². The maximum atomic E-state index is 6.53. The molecule has 12 rings (SSSR count). The van der Waals surface area contributed by atoms with Crippen LogP contribution in [0.5, 0.6) is 0 Å². The Kier molecular flexibility index (Phi) is 6.46. The predicted molar refractivity (Wildman–Crippen MR) is 238 cm³/mol. The van der Waals surface area contributed by atoms with E-state index in [1.54, 1.807) is 0 Å². The lowest BCUT2D eigenvalue weighted by Gasteiger charge is -2.22. The topological polar surface area (TPSA) is 13.1 Å². The molecular weight excluding hydrogens is 677 g/mol. The van der Waals surface area contributed by atoms with Crippen molar-refractivity contribution >= 4 is 65.0 Å². The Balaban J connectivity index is 1.04. The summed E-state index contributed by atoms with van der Waals surface area (Å²) in [5, 5.41) is 12.3. The van der Waals surface area contributed by atoms with Crippen molar-refractivity contribution in [3.8, 4) is 44.5 Å². The molecule has 0 spiro atoms. The zero-order valence-electron chi connectivity index (χ0n) is 31.2. The maximum Gasteiger partial charge on any atom is 0.143 e. The molecule has 0 fully saturated rings. The van der Waals surface area contributed by atoms with Gasteiger partial charge in [0.2, 0.25) is 0 Å². The highest BCUT2D eigenvalue weighted by molar-refractivity contribution is 6.23. The molecule has 10 aromatic carbocycles. The van der Waals surface area contributed by atoms with Crippen LogP contribution >= 0.6 is 0 Å². The van der Waals surface area contributed by atoms with Gasteiger partial charge in [0.1, 0.15) is 11.2 Å². The van der Waals surface area contributed by atoms with Crippen molar-refractivity contribution in [2.45, 2.75) is 19.3 Å². The molecule has 262 valence electrons. The van der Waals surface area contributed by atoms with Crippen LogP contribution < -0.4 is 0 Å². The number of hydrogen-bond acceptors (Lipinski definition) is 1. The highest BCUT2D eigenvalue weighted by Gasteiger charge is 2.36. The molecule has 0 N–H and O–H groups in total. The number of rotatable bonds is 3. The Morgan fingerprint density at radius 1 is 0.339 bits per heavy atom. The standard InChI is InChI=1S/C55H36O/c1-55(2)49-28-26-35(30-47(49)48-32-46-36(31-50(48)55)25-27-45-39-18-9-10-24-51(39)56-54(45)46)34-15-11-16-37(29-34)52-41-19-5-7-21-43(41)53(44-22-8-6-20-42(44)52)40-23-12-14-33-13-3-4-17-38(33)40/h3-32H,1-2H3. The summed E-state index contributed by atoms with van der Waals surface area (Å²) in [6.45, 7) is 4.73. The zero-order valence-corrected chi connectivity index (χ0v) is 31.2. The molecule has 0 amide bonds. The molecule has 11 aromatic rings. The van der Waals surface area contributed by atoms with Crippen LogP contribution in [-0.2, 0) is 5.41 Å². The highest BCUT2D eigenvalue weighted by Crippen LogP contribution is 2.52. The molecular formula is C55H36O. The summed E-state index contributed by atoms with van der Waals surface area (Å²) in [5.74, 6) is 0. The van der Waals surface area contributed by atoms with Crippen LogP contribution in [0, 0.1) is 0 Å². The van der Waals surface area contributed by atoms with Gasteiger partial charge in [-0.15, -0.1) is 0 Å². The molecule has 1 nitrogen and oxygen atoms in total. The van der Waals surface area contributed by atoms with Crippen LogP contribution in [0.4, 0.5) is 0 Å². The van der Waals surface area contributed by atoms with Crippen molar-refractivity contribution in [1.82, 2.24) is 0 Å². The Hall–Kier alpha value is -6.96. The summed E-state index contributed by atoms with van der Waals surface area (Å²) in [4.78, 5) is 0. The average Bonchev–Trinajstić information content (AvgIpc) is 3.73. The van der Waals surface area contributed by atoms with E-state index in [4.69, 9.17) is 4.42 Å². The second-order valence-electron chi connectivity index (χ2n) is 16.0. The monoisotopic (exact) mass is 712 g/mol. The third kappa shape index (κ3) is 4.37. The third-order valence-corrected chi connectivity index (χ3v) is 12.6. The molecule has 0 unspecified atom stereocenters. The first kappa shape index (κ1) is 31.4. The van der Waals surface area contributed by atoms with E-state index in [2.05, 4.69) is 190 Å². The fourth-order valence-corrected chi connectivity index (χ4v) is 9.96. The van der Waals surface area contributed by atoms with Crippen molar-refractivity contribution in [1.29, 1.82) is 0 Å². The minimum atomic E-state index is -0.119. The van der Waals surface area contributed by atoms with E-state index in [1.165, 1.54) is 104 Å². The van der Waals surface area contributed by atoms with E-state index in [-0.39, 0.29) is 5.41 Å². The number of furan rings is 1. The van der Waals surface area contributed by atoms with Gasteiger partial charge in [-0.2, -0.15) is 0 Å². The quantitative estimate of drug-likeness (QED) is 0.166. The maximum absolute atomic E-state index is 6.53. The van der Waals surface area contributed by atoms with Crippen LogP contribution in [0.25, 0.3) is 110 Å². The van der Waals surface area contributed by atoms with Gasteiger partial charge in [0.05, 0.1) is 0 Å². The third-order valence-electron chi connectivity index (χ3n) is 12.6. The lowest BCUT2D eigenvalue weighted by atomic mass is 9.81. The van der Waals surface area contributed by atoms with E-state index >= 15 is 0 Å². The van der Waals surface area contributed by atoms with Gasteiger partial charge >= 0.3 is 0 Å². The highest BCUT2D eigenvalue weighted by atomic mass is 16.3. The molecule has 56 heavy (non-hydrogen) atoms. The summed E-state index contributed by atoms with van der Waals surface area (Å²) in [5.41, 5.74) is 14.6. The minimum Gasteiger partial charge on any atom is -0.455 e. The fraction of sp³-hybridized carbons (Fsp3) is 0.0545. The Morgan fingerprint density at radius 3 is 1.73 bits per heavy atom. The van der Waals surface area contributed by atoms with Gasteiger partial charge in [0.25, 0.3) is 0 Å². The molecule has 0 aliphatic heterocycles. The average molecular weight is 713 g/mol. The van der Waals surface area contributed by atoms with Crippen LogP contribution in [0.1, 0.15) is 25.0 Å². The SMILES string of the molecule is CC1(C)c2ccc(-c3cccc(-c4c5ccccc5c(-c5cccc6ccccc56)c5ccccc45)c3)cc2-c2cc3c(ccc4c5ccccc5oc34)cc21. The molecule has 1 aliphatic carbocycles. The van der Waals surface area contributed by atoms with E-state index in [0.717, 1.165) is 16.6 Å². The molecule has 1 heteroatoms. The second kappa shape index (κ2) is 11.5. The molecule has 1 aliphatic rings. The summed E-state index contributed by atoms with van der Waals surface area (Å²) in [6.07, 6.45) is 0. The second-order valence-corrected chi connectivity index (χ2v) is 16.0. The Bertz CT molecular complexity index is 3390. The van der Waals surface area contributed by atoms with Gasteiger partial charge in [-0.3, -0.25) is 0 Å². The fourth-order valence-electron chi connectivity index (χ4n) is 9.96. The van der Waals surface area contributed by atoms with Gasteiger partial charge in [0, 0.05) is 21.6 Å². The summed E-state index contributed by atoms with van der Waals surface area (Å²) in [7, 11) is 0.